The molecule has 0 unspecified atom stereocenters. The van der Waals surface area contributed by atoms with Crippen molar-refractivity contribution in [1.29, 1.82) is 0 Å². The first-order chi connectivity index (χ1) is 11.7. The standard InChI is InChI=1S/C20H22N2O2/c1-3-13-21-19(23)17-11-8-12-18(14-17)20(24)22(4-2)15-16-9-6-5-7-10-16/h3,5-12,14H,1,4,13,15H2,2H3,(H,21,23). The molecule has 24 heavy (non-hydrogen) atoms. The highest BCUT2D eigenvalue weighted by Crippen LogP contribution is 2.12. The van der Waals surface area contributed by atoms with E-state index < -0.39 is 0 Å². The second kappa shape index (κ2) is 8.67. The van der Waals surface area contributed by atoms with E-state index in [1.807, 2.05) is 37.3 Å². The van der Waals surface area contributed by atoms with E-state index in [0.29, 0.717) is 30.8 Å². The lowest BCUT2D eigenvalue weighted by molar-refractivity contribution is 0.0752. The van der Waals surface area contributed by atoms with Crippen molar-refractivity contribution < 1.29 is 9.59 Å². The molecule has 4 heteroatoms. The minimum absolute atomic E-state index is 0.0836. The van der Waals surface area contributed by atoms with Gasteiger partial charge in [-0.1, -0.05) is 42.5 Å². The normalized spacial score (nSPS) is 10.0. The summed E-state index contributed by atoms with van der Waals surface area (Å²) >= 11 is 0. The zero-order valence-electron chi connectivity index (χ0n) is 13.9. The number of nitrogens with one attached hydrogen (secondary N) is 1. The number of amides is 2. The van der Waals surface area contributed by atoms with Crippen LogP contribution in [0, 0.1) is 0 Å². The predicted molar refractivity (Wildman–Crippen MR) is 95.8 cm³/mol. The van der Waals surface area contributed by atoms with Gasteiger partial charge in [0.2, 0.25) is 0 Å². The summed E-state index contributed by atoms with van der Waals surface area (Å²) in [6.07, 6.45) is 1.62. The lowest BCUT2D eigenvalue weighted by Crippen LogP contribution is -2.30. The van der Waals surface area contributed by atoms with E-state index in [1.54, 1.807) is 35.2 Å². The fourth-order valence-corrected chi connectivity index (χ4v) is 2.37. The van der Waals surface area contributed by atoms with Gasteiger partial charge in [0.15, 0.2) is 0 Å². The van der Waals surface area contributed by atoms with Gasteiger partial charge in [-0.15, -0.1) is 6.58 Å². The molecule has 2 rings (SSSR count). The molecule has 0 saturated heterocycles. The zero-order chi connectivity index (χ0) is 17.4. The van der Waals surface area contributed by atoms with Gasteiger partial charge in [-0.05, 0) is 30.7 Å². The maximum absolute atomic E-state index is 12.7. The smallest absolute Gasteiger partial charge is 0.254 e. The van der Waals surface area contributed by atoms with Crippen LogP contribution in [-0.4, -0.2) is 29.8 Å². The van der Waals surface area contributed by atoms with E-state index in [1.165, 1.54) is 0 Å². The number of benzene rings is 2. The first-order valence-electron chi connectivity index (χ1n) is 7.98. The summed E-state index contributed by atoms with van der Waals surface area (Å²) in [6.45, 7) is 7.05. The van der Waals surface area contributed by atoms with Crippen molar-refractivity contribution in [2.45, 2.75) is 13.5 Å². The maximum atomic E-state index is 12.7. The molecule has 0 fully saturated rings. The van der Waals surface area contributed by atoms with Crippen molar-refractivity contribution >= 4 is 11.8 Å². The van der Waals surface area contributed by atoms with Crippen molar-refractivity contribution in [3.8, 4) is 0 Å². The summed E-state index contributed by atoms with van der Waals surface area (Å²) in [6, 6.07) is 16.7. The first kappa shape index (κ1) is 17.5. The van der Waals surface area contributed by atoms with Crippen molar-refractivity contribution in [3.05, 3.63) is 83.9 Å². The Morgan fingerprint density at radius 1 is 1.08 bits per heavy atom. The van der Waals surface area contributed by atoms with E-state index >= 15 is 0 Å². The Bertz CT molecular complexity index is 711. The Morgan fingerprint density at radius 3 is 2.46 bits per heavy atom. The molecule has 0 aliphatic carbocycles. The highest BCUT2D eigenvalue weighted by atomic mass is 16.2. The molecule has 2 amide bonds. The van der Waals surface area contributed by atoms with Crippen molar-refractivity contribution in [2.24, 2.45) is 0 Å². The van der Waals surface area contributed by atoms with Crippen LogP contribution in [0.1, 0.15) is 33.2 Å². The molecule has 0 radical (unpaired) electrons. The summed E-state index contributed by atoms with van der Waals surface area (Å²) in [4.78, 5) is 26.5. The summed E-state index contributed by atoms with van der Waals surface area (Å²) < 4.78 is 0. The quantitative estimate of drug-likeness (QED) is 0.795. The monoisotopic (exact) mass is 322 g/mol. The molecular weight excluding hydrogens is 300 g/mol. The molecule has 124 valence electrons. The third-order valence-corrected chi connectivity index (χ3v) is 3.66. The van der Waals surface area contributed by atoms with Gasteiger partial charge in [-0.25, -0.2) is 0 Å². The summed E-state index contributed by atoms with van der Waals surface area (Å²) in [7, 11) is 0. The molecule has 2 aromatic carbocycles. The van der Waals surface area contributed by atoms with Crippen LogP contribution in [0.3, 0.4) is 0 Å². The fourth-order valence-electron chi connectivity index (χ4n) is 2.37. The Hall–Kier alpha value is -2.88. The highest BCUT2D eigenvalue weighted by molar-refractivity contribution is 5.99. The van der Waals surface area contributed by atoms with Gasteiger partial charge in [-0.2, -0.15) is 0 Å². The number of carbonyl (C=O) groups is 2. The summed E-state index contributed by atoms with van der Waals surface area (Å²) in [5, 5.41) is 2.72. The first-order valence-corrected chi connectivity index (χ1v) is 7.98. The number of carbonyl (C=O) groups excluding carboxylic acids is 2. The van der Waals surface area contributed by atoms with Crippen LogP contribution in [0.25, 0.3) is 0 Å². The molecule has 0 atom stereocenters. The molecule has 0 heterocycles. The van der Waals surface area contributed by atoms with Gasteiger partial charge < -0.3 is 10.2 Å². The van der Waals surface area contributed by atoms with E-state index in [0.717, 1.165) is 5.56 Å². The highest BCUT2D eigenvalue weighted by Gasteiger charge is 2.16. The van der Waals surface area contributed by atoms with E-state index in [9.17, 15) is 9.59 Å². The molecular formula is C20H22N2O2. The minimum Gasteiger partial charge on any atom is -0.349 e. The van der Waals surface area contributed by atoms with Crippen LogP contribution in [0.4, 0.5) is 0 Å². The van der Waals surface area contributed by atoms with Gasteiger partial charge in [0.25, 0.3) is 11.8 Å². The number of hydrogen-bond donors (Lipinski definition) is 1. The Kier molecular flexibility index (Phi) is 6.32. The fraction of sp³-hybridized carbons (Fsp3) is 0.200. The van der Waals surface area contributed by atoms with Crippen LogP contribution in [0.2, 0.25) is 0 Å². The van der Waals surface area contributed by atoms with Crippen molar-refractivity contribution in [1.82, 2.24) is 10.2 Å². The third-order valence-electron chi connectivity index (χ3n) is 3.66. The van der Waals surface area contributed by atoms with Gasteiger partial charge in [0.05, 0.1) is 0 Å². The minimum atomic E-state index is -0.212. The lowest BCUT2D eigenvalue weighted by Gasteiger charge is -2.21. The number of hydrogen-bond acceptors (Lipinski definition) is 2. The SMILES string of the molecule is C=CCNC(=O)c1cccc(C(=O)N(CC)Cc2ccccc2)c1. The van der Waals surface area contributed by atoms with E-state index in [4.69, 9.17) is 0 Å². The second-order valence-electron chi connectivity index (χ2n) is 5.38. The van der Waals surface area contributed by atoms with Crippen LogP contribution in [0.15, 0.2) is 67.3 Å². The maximum Gasteiger partial charge on any atom is 0.254 e. The Balaban J connectivity index is 2.15. The molecule has 1 N–H and O–H groups in total. The average molecular weight is 322 g/mol. The van der Waals surface area contributed by atoms with E-state index in [-0.39, 0.29) is 11.8 Å². The van der Waals surface area contributed by atoms with Gasteiger partial charge in [-0.3, -0.25) is 9.59 Å². The van der Waals surface area contributed by atoms with Gasteiger partial charge >= 0.3 is 0 Å². The zero-order valence-corrected chi connectivity index (χ0v) is 13.9. The average Bonchev–Trinajstić information content (AvgIpc) is 2.64. The van der Waals surface area contributed by atoms with Crippen LogP contribution < -0.4 is 5.32 Å². The molecule has 0 spiro atoms. The van der Waals surface area contributed by atoms with Crippen LogP contribution in [0.5, 0.6) is 0 Å². The van der Waals surface area contributed by atoms with Crippen LogP contribution in [-0.2, 0) is 6.54 Å². The van der Waals surface area contributed by atoms with E-state index in [2.05, 4.69) is 11.9 Å². The van der Waals surface area contributed by atoms with Gasteiger partial charge in [0.1, 0.15) is 0 Å². The summed E-state index contributed by atoms with van der Waals surface area (Å²) in [5.74, 6) is -0.296. The molecule has 0 aliphatic rings. The molecule has 0 bridgehead atoms. The molecule has 2 aromatic rings. The Labute approximate surface area is 142 Å². The number of nitrogens with zero attached hydrogens (tertiary/aromatic N) is 1. The molecule has 4 nitrogen and oxygen atoms in total. The number of rotatable bonds is 7. The molecule has 0 saturated carbocycles. The summed E-state index contributed by atoms with van der Waals surface area (Å²) in [5.41, 5.74) is 2.06. The molecule has 0 aliphatic heterocycles. The lowest BCUT2D eigenvalue weighted by atomic mass is 10.1. The molecule has 0 aromatic heterocycles. The van der Waals surface area contributed by atoms with Crippen LogP contribution >= 0.6 is 0 Å². The second-order valence-corrected chi connectivity index (χ2v) is 5.38. The Morgan fingerprint density at radius 2 is 1.79 bits per heavy atom. The topological polar surface area (TPSA) is 49.4 Å². The third kappa shape index (κ3) is 4.56. The van der Waals surface area contributed by atoms with Crippen molar-refractivity contribution in [2.75, 3.05) is 13.1 Å². The van der Waals surface area contributed by atoms with Crippen molar-refractivity contribution in [3.63, 3.8) is 0 Å². The van der Waals surface area contributed by atoms with Gasteiger partial charge in [0, 0.05) is 30.8 Å². The predicted octanol–water partition coefficient (Wildman–Crippen LogP) is 3.26. The largest absolute Gasteiger partial charge is 0.349 e.